The van der Waals surface area contributed by atoms with Crippen molar-refractivity contribution in [2.24, 2.45) is 11.8 Å². The van der Waals surface area contributed by atoms with Gasteiger partial charge in [0.1, 0.15) is 11.6 Å². The Kier molecular flexibility index (Phi) is 8.86. The fourth-order valence-corrected chi connectivity index (χ4v) is 4.13. The number of rotatable bonds is 9. The topological polar surface area (TPSA) is 81.7 Å². The number of benzene rings is 3. The average Bonchev–Trinajstić information content (AvgIpc) is 2.80. The van der Waals surface area contributed by atoms with E-state index in [1.54, 1.807) is 12.1 Å². The quantitative estimate of drug-likeness (QED) is 0.281. The van der Waals surface area contributed by atoms with Crippen LogP contribution >= 0.6 is 0 Å². The molecule has 0 fully saturated rings. The van der Waals surface area contributed by atoms with Gasteiger partial charge in [-0.3, -0.25) is 0 Å². The Morgan fingerprint density at radius 3 is 2.05 bits per heavy atom. The van der Waals surface area contributed by atoms with E-state index >= 15 is 4.39 Å². The smallest absolute Gasteiger partial charge is 0.336 e. The van der Waals surface area contributed by atoms with Crippen molar-refractivity contribution in [3.8, 4) is 11.1 Å². The highest BCUT2D eigenvalue weighted by Crippen LogP contribution is 2.37. The molecule has 0 aliphatic carbocycles. The Morgan fingerprint density at radius 2 is 1.49 bits per heavy atom. The third-order valence-corrected chi connectivity index (χ3v) is 5.66. The molecule has 0 saturated heterocycles. The number of halogens is 2. The van der Waals surface area contributed by atoms with Crippen LogP contribution in [0.15, 0.2) is 54.6 Å². The van der Waals surface area contributed by atoms with Gasteiger partial charge in [-0.1, -0.05) is 45.4 Å². The van der Waals surface area contributed by atoms with Gasteiger partial charge >= 0.3 is 12.0 Å². The van der Waals surface area contributed by atoms with Crippen molar-refractivity contribution in [2.75, 3.05) is 28.6 Å². The first-order chi connectivity index (χ1) is 17.4. The Labute approximate surface area is 216 Å². The molecular weight excluding hydrogens is 476 g/mol. The molecule has 0 aromatic heterocycles. The average molecular weight is 510 g/mol. The third kappa shape index (κ3) is 7.29. The van der Waals surface area contributed by atoms with Crippen molar-refractivity contribution in [1.29, 1.82) is 0 Å². The molecule has 0 radical (unpaired) electrons. The summed E-state index contributed by atoms with van der Waals surface area (Å²) in [5, 5.41) is 15.2. The van der Waals surface area contributed by atoms with E-state index < -0.39 is 23.6 Å². The van der Waals surface area contributed by atoms with Crippen LogP contribution in [0.3, 0.4) is 0 Å². The molecule has 6 nitrogen and oxygen atoms in total. The number of aryl methyl sites for hydroxylation is 1. The SMILES string of the molecule is Cc1ccc(NC(=O)Nc2cc(-c3cc(F)ccc3C(=O)O)c(F)cc2N(CC(C)C)CC(C)C)cc1. The number of carboxylic acids is 1. The van der Waals surface area contributed by atoms with Gasteiger partial charge < -0.3 is 20.6 Å². The van der Waals surface area contributed by atoms with Gasteiger partial charge in [-0.25, -0.2) is 18.4 Å². The van der Waals surface area contributed by atoms with E-state index in [-0.39, 0.29) is 34.2 Å². The lowest BCUT2D eigenvalue weighted by Crippen LogP contribution is -2.32. The minimum Gasteiger partial charge on any atom is -0.478 e. The number of nitrogens with zero attached hydrogens (tertiary/aromatic N) is 1. The minimum atomic E-state index is -1.31. The normalized spacial score (nSPS) is 11.1. The van der Waals surface area contributed by atoms with Crippen LogP contribution in [0.1, 0.15) is 43.6 Å². The number of carbonyl (C=O) groups is 2. The number of amides is 2. The summed E-state index contributed by atoms with van der Waals surface area (Å²) in [7, 11) is 0. The summed E-state index contributed by atoms with van der Waals surface area (Å²) in [6, 6.07) is 12.5. The van der Waals surface area contributed by atoms with Gasteiger partial charge in [-0.05, 0) is 61.2 Å². The molecule has 0 spiro atoms. The molecule has 3 rings (SSSR count). The van der Waals surface area contributed by atoms with E-state index in [1.807, 2.05) is 51.7 Å². The minimum absolute atomic E-state index is 0.113. The monoisotopic (exact) mass is 509 g/mol. The molecule has 0 aliphatic rings. The maximum absolute atomic E-state index is 15.6. The number of nitrogens with one attached hydrogen (secondary N) is 2. The van der Waals surface area contributed by atoms with E-state index in [0.717, 1.165) is 23.8 Å². The van der Waals surface area contributed by atoms with Crippen molar-refractivity contribution in [2.45, 2.75) is 34.6 Å². The second-order valence-corrected chi connectivity index (χ2v) is 9.98. The van der Waals surface area contributed by atoms with E-state index in [2.05, 4.69) is 10.6 Å². The standard InChI is InChI=1S/C29H33F2N3O3/c1-17(2)15-34(16-18(3)4)27-14-25(31)24(23-12-20(30)8-11-22(23)28(35)36)13-26(27)33-29(37)32-21-9-6-19(5)7-10-21/h6-14,17-18H,15-16H2,1-5H3,(H,35,36)(H2,32,33,37). The van der Waals surface area contributed by atoms with Crippen molar-refractivity contribution in [1.82, 2.24) is 0 Å². The van der Waals surface area contributed by atoms with E-state index in [9.17, 15) is 19.1 Å². The molecule has 3 aromatic rings. The predicted molar refractivity (Wildman–Crippen MR) is 144 cm³/mol. The van der Waals surface area contributed by atoms with Crippen molar-refractivity contribution in [3.05, 3.63) is 77.4 Å². The molecule has 0 bridgehead atoms. The van der Waals surface area contributed by atoms with Crippen molar-refractivity contribution < 1.29 is 23.5 Å². The maximum Gasteiger partial charge on any atom is 0.336 e. The van der Waals surface area contributed by atoms with Crippen LogP contribution in [0, 0.1) is 30.4 Å². The predicted octanol–water partition coefficient (Wildman–Crippen LogP) is 7.40. The number of carbonyl (C=O) groups excluding carboxylic acids is 1. The van der Waals surface area contributed by atoms with Gasteiger partial charge in [0.15, 0.2) is 0 Å². The summed E-state index contributed by atoms with van der Waals surface area (Å²) in [6.45, 7) is 11.3. The van der Waals surface area contributed by atoms with Crippen LogP contribution in [0.4, 0.5) is 30.6 Å². The zero-order valence-corrected chi connectivity index (χ0v) is 21.7. The van der Waals surface area contributed by atoms with Crippen LogP contribution in [0.25, 0.3) is 11.1 Å². The Bertz CT molecular complexity index is 1260. The molecule has 3 N–H and O–H groups in total. The Morgan fingerprint density at radius 1 is 0.865 bits per heavy atom. The number of urea groups is 1. The van der Waals surface area contributed by atoms with Gasteiger partial charge in [-0.15, -0.1) is 0 Å². The van der Waals surface area contributed by atoms with Crippen LogP contribution < -0.4 is 15.5 Å². The molecule has 0 unspecified atom stereocenters. The van der Waals surface area contributed by atoms with Crippen LogP contribution in [-0.4, -0.2) is 30.2 Å². The molecule has 196 valence electrons. The number of hydrogen-bond acceptors (Lipinski definition) is 3. The van der Waals surface area contributed by atoms with Gasteiger partial charge in [0, 0.05) is 29.9 Å². The summed E-state index contributed by atoms with van der Waals surface area (Å²) in [4.78, 5) is 26.7. The summed E-state index contributed by atoms with van der Waals surface area (Å²) in [5.74, 6) is -2.23. The van der Waals surface area contributed by atoms with Crippen LogP contribution in [-0.2, 0) is 0 Å². The van der Waals surface area contributed by atoms with Crippen molar-refractivity contribution in [3.63, 3.8) is 0 Å². The zero-order chi connectivity index (χ0) is 27.3. The highest BCUT2D eigenvalue weighted by molar-refractivity contribution is 6.03. The third-order valence-electron chi connectivity index (χ3n) is 5.66. The highest BCUT2D eigenvalue weighted by atomic mass is 19.1. The molecule has 0 heterocycles. The summed E-state index contributed by atoms with van der Waals surface area (Å²) < 4.78 is 29.7. The van der Waals surface area contributed by atoms with Gasteiger partial charge in [0.25, 0.3) is 0 Å². The molecule has 0 atom stereocenters. The van der Waals surface area contributed by atoms with E-state index in [4.69, 9.17) is 0 Å². The number of carboxylic acid groups (broad SMARTS) is 1. The zero-order valence-electron chi connectivity index (χ0n) is 21.7. The Balaban J connectivity index is 2.13. The largest absolute Gasteiger partial charge is 0.478 e. The fraction of sp³-hybridized carbons (Fsp3) is 0.310. The molecule has 0 aliphatic heterocycles. The Hall–Kier alpha value is -3.94. The second kappa shape index (κ2) is 11.9. The first-order valence-electron chi connectivity index (χ1n) is 12.2. The van der Waals surface area contributed by atoms with Crippen molar-refractivity contribution >= 4 is 29.1 Å². The highest BCUT2D eigenvalue weighted by Gasteiger charge is 2.22. The summed E-state index contributed by atoms with van der Waals surface area (Å²) in [6.07, 6.45) is 0. The number of aromatic carboxylic acids is 1. The number of anilines is 3. The lowest BCUT2D eigenvalue weighted by atomic mass is 9.97. The van der Waals surface area contributed by atoms with E-state index in [0.29, 0.717) is 24.5 Å². The van der Waals surface area contributed by atoms with Gasteiger partial charge in [0.2, 0.25) is 0 Å². The van der Waals surface area contributed by atoms with Crippen LogP contribution in [0.2, 0.25) is 0 Å². The molecule has 0 saturated carbocycles. The van der Waals surface area contributed by atoms with Gasteiger partial charge in [-0.2, -0.15) is 0 Å². The first-order valence-corrected chi connectivity index (χ1v) is 12.2. The summed E-state index contributed by atoms with van der Waals surface area (Å²) in [5.41, 5.74) is 1.87. The van der Waals surface area contributed by atoms with E-state index in [1.165, 1.54) is 12.1 Å². The maximum atomic E-state index is 15.6. The second-order valence-electron chi connectivity index (χ2n) is 9.98. The molecule has 37 heavy (non-hydrogen) atoms. The fourth-order valence-electron chi connectivity index (χ4n) is 4.13. The van der Waals surface area contributed by atoms with Crippen LogP contribution in [0.5, 0.6) is 0 Å². The van der Waals surface area contributed by atoms with Gasteiger partial charge in [0.05, 0.1) is 16.9 Å². The molecular formula is C29H33F2N3O3. The summed E-state index contributed by atoms with van der Waals surface area (Å²) >= 11 is 0. The first kappa shape index (κ1) is 27.6. The lowest BCUT2D eigenvalue weighted by Gasteiger charge is -2.31. The lowest BCUT2D eigenvalue weighted by molar-refractivity contribution is 0.0697. The molecule has 2 amide bonds. The number of hydrogen-bond donors (Lipinski definition) is 3. The molecule has 8 heteroatoms. The molecule has 3 aromatic carbocycles.